The van der Waals surface area contributed by atoms with Gasteiger partial charge in [0.2, 0.25) is 0 Å². The zero-order valence-electron chi connectivity index (χ0n) is 11.9. The minimum absolute atomic E-state index is 0.151. The molecule has 1 aromatic carbocycles. The molecule has 0 bridgehead atoms. The Morgan fingerprint density at radius 2 is 1.83 bits per heavy atom. The molecular formula is C15H26N2O. The normalized spacial score (nSPS) is 12.4. The van der Waals surface area contributed by atoms with Gasteiger partial charge in [0.1, 0.15) is 0 Å². The Bertz CT molecular complexity index is 324. The van der Waals surface area contributed by atoms with Gasteiger partial charge in [0.05, 0.1) is 6.61 Å². The van der Waals surface area contributed by atoms with Gasteiger partial charge in [0.15, 0.2) is 0 Å². The molecule has 0 saturated carbocycles. The van der Waals surface area contributed by atoms with Crippen LogP contribution in [0.15, 0.2) is 24.3 Å². The molecule has 3 nitrogen and oxygen atoms in total. The van der Waals surface area contributed by atoms with Crippen LogP contribution in [0.4, 0.5) is 5.69 Å². The lowest BCUT2D eigenvalue weighted by Gasteiger charge is -2.23. The smallest absolute Gasteiger partial charge is 0.0641 e. The summed E-state index contributed by atoms with van der Waals surface area (Å²) >= 11 is 0. The molecular weight excluding hydrogens is 224 g/mol. The number of ether oxygens (including phenoxy) is 1. The van der Waals surface area contributed by atoms with Crippen molar-refractivity contribution >= 4 is 5.69 Å². The van der Waals surface area contributed by atoms with Gasteiger partial charge in [-0.15, -0.1) is 0 Å². The van der Waals surface area contributed by atoms with E-state index in [-0.39, 0.29) is 6.04 Å². The summed E-state index contributed by atoms with van der Waals surface area (Å²) in [5.41, 5.74) is 8.47. The van der Waals surface area contributed by atoms with Crippen molar-refractivity contribution < 1.29 is 4.74 Å². The third kappa shape index (κ3) is 4.31. The Morgan fingerprint density at radius 3 is 2.33 bits per heavy atom. The van der Waals surface area contributed by atoms with Crippen molar-refractivity contribution in [3.63, 3.8) is 0 Å². The molecule has 0 fully saturated rings. The van der Waals surface area contributed by atoms with Crippen LogP contribution >= 0.6 is 0 Å². The molecule has 0 aliphatic rings. The molecule has 3 heteroatoms. The molecule has 0 heterocycles. The summed E-state index contributed by atoms with van der Waals surface area (Å²) in [5.74, 6) is 0. The predicted molar refractivity (Wildman–Crippen MR) is 78.0 cm³/mol. The van der Waals surface area contributed by atoms with E-state index in [0.717, 1.165) is 32.7 Å². The lowest BCUT2D eigenvalue weighted by molar-refractivity contribution is 0.154. The summed E-state index contributed by atoms with van der Waals surface area (Å²) in [7, 11) is 0. The summed E-state index contributed by atoms with van der Waals surface area (Å²) in [6, 6.07) is 8.72. The maximum absolute atomic E-state index is 6.02. The van der Waals surface area contributed by atoms with Crippen molar-refractivity contribution in [2.45, 2.75) is 33.2 Å². The van der Waals surface area contributed by atoms with Gasteiger partial charge in [-0.2, -0.15) is 0 Å². The van der Waals surface area contributed by atoms with Crippen LogP contribution in [0.3, 0.4) is 0 Å². The van der Waals surface area contributed by atoms with E-state index >= 15 is 0 Å². The molecule has 0 aromatic heterocycles. The summed E-state index contributed by atoms with van der Waals surface area (Å²) in [6.07, 6.45) is 0.973. The van der Waals surface area contributed by atoms with Crippen LogP contribution in [-0.2, 0) is 4.74 Å². The van der Waals surface area contributed by atoms with Crippen molar-refractivity contribution in [2.75, 3.05) is 31.2 Å². The first-order valence-electron chi connectivity index (χ1n) is 6.91. The fourth-order valence-electron chi connectivity index (χ4n) is 1.96. The first kappa shape index (κ1) is 15.0. The molecule has 102 valence electrons. The standard InChI is InChI=1S/C15H26N2O/c1-4-15(16)13-7-9-14(10-8-13)17(5-2)11-12-18-6-3/h7-10,15H,4-6,11-12,16H2,1-3H3/t15-/m0/s1. The highest BCUT2D eigenvalue weighted by molar-refractivity contribution is 5.47. The van der Waals surface area contributed by atoms with Crippen molar-refractivity contribution in [1.29, 1.82) is 0 Å². The average molecular weight is 250 g/mol. The summed E-state index contributed by atoms with van der Waals surface area (Å²) in [5, 5.41) is 0. The monoisotopic (exact) mass is 250 g/mol. The Labute approximate surface area is 111 Å². The third-order valence-corrected chi connectivity index (χ3v) is 3.22. The molecule has 0 radical (unpaired) electrons. The highest BCUT2D eigenvalue weighted by Crippen LogP contribution is 2.19. The van der Waals surface area contributed by atoms with Crippen LogP contribution < -0.4 is 10.6 Å². The Balaban J connectivity index is 2.63. The Morgan fingerprint density at radius 1 is 1.17 bits per heavy atom. The number of nitrogens with zero attached hydrogens (tertiary/aromatic N) is 1. The number of rotatable bonds is 8. The topological polar surface area (TPSA) is 38.5 Å². The fourth-order valence-corrected chi connectivity index (χ4v) is 1.96. The largest absolute Gasteiger partial charge is 0.380 e. The van der Waals surface area contributed by atoms with E-state index in [2.05, 4.69) is 43.0 Å². The maximum Gasteiger partial charge on any atom is 0.0641 e. The van der Waals surface area contributed by atoms with Crippen LogP contribution in [0, 0.1) is 0 Å². The van der Waals surface area contributed by atoms with Crippen molar-refractivity contribution in [3.8, 4) is 0 Å². The van der Waals surface area contributed by atoms with Crippen LogP contribution in [0.1, 0.15) is 38.8 Å². The average Bonchev–Trinajstić information content (AvgIpc) is 2.43. The number of benzene rings is 1. The number of hydrogen-bond donors (Lipinski definition) is 1. The van der Waals surface area contributed by atoms with Crippen LogP contribution in [-0.4, -0.2) is 26.3 Å². The minimum atomic E-state index is 0.151. The Hall–Kier alpha value is -1.06. The van der Waals surface area contributed by atoms with E-state index in [4.69, 9.17) is 10.5 Å². The molecule has 0 spiro atoms. The van der Waals surface area contributed by atoms with Crippen molar-refractivity contribution in [2.24, 2.45) is 5.73 Å². The first-order chi connectivity index (χ1) is 8.72. The molecule has 0 aliphatic heterocycles. The number of nitrogens with two attached hydrogens (primary N) is 1. The number of hydrogen-bond acceptors (Lipinski definition) is 3. The molecule has 1 aromatic rings. The molecule has 1 rings (SSSR count). The van der Waals surface area contributed by atoms with E-state index in [1.807, 2.05) is 6.92 Å². The molecule has 0 amide bonds. The van der Waals surface area contributed by atoms with Gasteiger partial charge in [-0.1, -0.05) is 19.1 Å². The summed E-state index contributed by atoms with van der Waals surface area (Å²) < 4.78 is 5.40. The molecule has 0 unspecified atom stereocenters. The van der Waals surface area contributed by atoms with Gasteiger partial charge < -0.3 is 15.4 Å². The highest BCUT2D eigenvalue weighted by atomic mass is 16.5. The quantitative estimate of drug-likeness (QED) is 0.721. The third-order valence-electron chi connectivity index (χ3n) is 3.22. The first-order valence-corrected chi connectivity index (χ1v) is 6.91. The molecule has 0 aliphatic carbocycles. The van der Waals surface area contributed by atoms with Crippen molar-refractivity contribution in [1.82, 2.24) is 0 Å². The van der Waals surface area contributed by atoms with Crippen molar-refractivity contribution in [3.05, 3.63) is 29.8 Å². The summed E-state index contributed by atoms with van der Waals surface area (Å²) in [4.78, 5) is 2.32. The second-order valence-corrected chi connectivity index (χ2v) is 4.38. The predicted octanol–water partition coefficient (Wildman–Crippen LogP) is 2.96. The van der Waals surface area contributed by atoms with E-state index in [0.29, 0.717) is 0 Å². The lowest BCUT2D eigenvalue weighted by Crippen LogP contribution is -2.27. The SMILES string of the molecule is CCOCCN(CC)c1ccc([C@@H](N)CC)cc1. The maximum atomic E-state index is 6.02. The van der Waals surface area contributed by atoms with Gasteiger partial charge in [0, 0.05) is 31.4 Å². The molecule has 18 heavy (non-hydrogen) atoms. The van der Waals surface area contributed by atoms with E-state index in [1.165, 1.54) is 11.3 Å². The second kappa shape index (κ2) is 8.11. The fraction of sp³-hybridized carbons (Fsp3) is 0.600. The van der Waals surface area contributed by atoms with E-state index < -0.39 is 0 Å². The lowest BCUT2D eigenvalue weighted by atomic mass is 10.1. The van der Waals surface area contributed by atoms with Gasteiger partial charge in [0.25, 0.3) is 0 Å². The van der Waals surface area contributed by atoms with E-state index in [9.17, 15) is 0 Å². The van der Waals surface area contributed by atoms with Gasteiger partial charge in [-0.25, -0.2) is 0 Å². The number of likely N-dealkylation sites (N-methyl/N-ethyl adjacent to an activating group) is 1. The highest BCUT2D eigenvalue weighted by Gasteiger charge is 2.06. The van der Waals surface area contributed by atoms with E-state index in [1.54, 1.807) is 0 Å². The van der Waals surface area contributed by atoms with Crippen LogP contribution in [0.5, 0.6) is 0 Å². The molecule has 0 saturated heterocycles. The molecule has 1 atom stereocenters. The van der Waals surface area contributed by atoms with Gasteiger partial charge in [-0.05, 0) is 38.0 Å². The zero-order chi connectivity index (χ0) is 13.4. The minimum Gasteiger partial charge on any atom is -0.380 e. The van der Waals surface area contributed by atoms with Gasteiger partial charge in [-0.3, -0.25) is 0 Å². The second-order valence-electron chi connectivity index (χ2n) is 4.38. The summed E-state index contributed by atoms with van der Waals surface area (Å²) in [6.45, 7) is 9.78. The molecule has 2 N–H and O–H groups in total. The van der Waals surface area contributed by atoms with Gasteiger partial charge >= 0.3 is 0 Å². The zero-order valence-corrected chi connectivity index (χ0v) is 11.9. The van der Waals surface area contributed by atoms with Crippen LogP contribution in [0.2, 0.25) is 0 Å². The number of anilines is 1. The Kier molecular flexibility index (Phi) is 6.76. The van der Waals surface area contributed by atoms with Crippen LogP contribution in [0.25, 0.3) is 0 Å².